The highest BCUT2D eigenvalue weighted by molar-refractivity contribution is 7.09. The summed E-state index contributed by atoms with van der Waals surface area (Å²) in [6.45, 7) is 5.16. The molecule has 2 nitrogen and oxygen atoms in total. The zero-order valence-corrected chi connectivity index (χ0v) is 9.40. The Morgan fingerprint density at radius 1 is 1.50 bits per heavy atom. The summed E-state index contributed by atoms with van der Waals surface area (Å²) < 4.78 is 5.99. The van der Waals surface area contributed by atoms with Crippen LogP contribution in [0.2, 0.25) is 0 Å². The quantitative estimate of drug-likeness (QED) is 0.829. The zero-order valence-electron chi connectivity index (χ0n) is 8.58. The van der Waals surface area contributed by atoms with Crippen molar-refractivity contribution in [3.63, 3.8) is 0 Å². The number of rotatable bonds is 3. The molecule has 0 amide bonds. The maximum atomic E-state index is 5.99. The molecular formula is C11H17NOS. The van der Waals surface area contributed by atoms with Crippen molar-refractivity contribution in [2.45, 2.75) is 32.0 Å². The third-order valence-electron chi connectivity index (χ3n) is 2.80. The van der Waals surface area contributed by atoms with Crippen LogP contribution >= 0.6 is 11.3 Å². The van der Waals surface area contributed by atoms with E-state index in [1.165, 1.54) is 4.88 Å². The molecule has 0 atom stereocenters. The largest absolute Gasteiger partial charge is 0.370 e. The fourth-order valence-corrected chi connectivity index (χ4v) is 2.36. The van der Waals surface area contributed by atoms with Gasteiger partial charge in [0.15, 0.2) is 0 Å². The van der Waals surface area contributed by atoms with Crippen LogP contribution in [0.1, 0.15) is 24.6 Å². The zero-order chi connectivity index (χ0) is 9.86. The smallest absolute Gasteiger partial charge is 0.0816 e. The molecule has 1 aliphatic rings. The molecule has 0 spiro atoms. The second-order valence-corrected chi connectivity index (χ2v) is 5.10. The topological polar surface area (TPSA) is 21.3 Å². The van der Waals surface area contributed by atoms with Crippen molar-refractivity contribution in [1.29, 1.82) is 0 Å². The first-order valence-corrected chi connectivity index (χ1v) is 6.04. The first kappa shape index (κ1) is 10.1. The summed E-state index contributed by atoms with van der Waals surface area (Å²) in [5.41, 5.74) is 0.0925. The molecule has 0 bridgehead atoms. The van der Waals surface area contributed by atoms with Gasteiger partial charge in [0, 0.05) is 4.88 Å². The van der Waals surface area contributed by atoms with Crippen LogP contribution in [-0.2, 0) is 11.3 Å². The Labute approximate surface area is 89.3 Å². The van der Waals surface area contributed by atoms with Crippen molar-refractivity contribution in [3.05, 3.63) is 22.4 Å². The normalized spacial score (nSPS) is 20.9. The van der Waals surface area contributed by atoms with Crippen LogP contribution in [0.3, 0.4) is 0 Å². The van der Waals surface area contributed by atoms with Crippen molar-refractivity contribution >= 4 is 11.3 Å². The lowest BCUT2D eigenvalue weighted by molar-refractivity contribution is -0.0611. The summed E-state index contributed by atoms with van der Waals surface area (Å²) in [5.74, 6) is 0. The van der Waals surface area contributed by atoms with Gasteiger partial charge >= 0.3 is 0 Å². The van der Waals surface area contributed by atoms with Gasteiger partial charge in [0.1, 0.15) is 0 Å². The van der Waals surface area contributed by atoms with Gasteiger partial charge in [-0.25, -0.2) is 0 Å². The molecule has 3 heteroatoms. The van der Waals surface area contributed by atoms with E-state index in [9.17, 15) is 0 Å². The molecule has 1 fully saturated rings. The summed E-state index contributed by atoms with van der Waals surface area (Å²) in [4.78, 5) is 1.32. The van der Waals surface area contributed by atoms with Crippen LogP contribution in [0.15, 0.2) is 17.5 Å². The van der Waals surface area contributed by atoms with E-state index < -0.39 is 0 Å². The molecule has 2 heterocycles. The van der Waals surface area contributed by atoms with Crippen molar-refractivity contribution in [3.8, 4) is 0 Å². The number of ether oxygens (including phenoxy) is 1. The number of hydrogen-bond donors (Lipinski definition) is 1. The van der Waals surface area contributed by atoms with Gasteiger partial charge in [0.25, 0.3) is 0 Å². The van der Waals surface area contributed by atoms with Crippen LogP contribution in [0, 0.1) is 0 Å². The molecule has 0 aromatic carbocycles. The third kappa shape index (κ3) is 2.56. The number of hydrogen-bond acceptors (Lipinski definition) is 3. The van der Waals surface area contributed by atoms with Crippen LogP contribution in [0.25, 0.3) is 0 Å². The molecule has 78 valence electrons. The molecule has 1 saturated heterocycles. The maximum Gasteiger partial charge on any atom is 0.0816 e. The van der Waals surface area contributed by atoms with E-state index in [1.807, 2.05) is 0 Å². The number of nitrogens with one attached hydrogen (secondary N) is 1. The Morgan fingerprint density at radius 2 is 2.29 bits per heavy atom. The number of piperidine rings is 1. The summed E-state index contributed by atoms with van der Waals surface area (Å²) in [5, 5.41) is 5.46. The lowest BCUT2D eigenvalue weighted by atomic mass is 9.95. The standard InChI is InChI=1S/C11H17NOS/c1-11(4-6-12-7-5-11)13-9-10-3-2-8-14-10/h2-3,8,12H,4-7,9H2,1H3. The summed E-state index contributed by atoms with van der Waals surface area (Å²) in [7, 11) is 0. The fourth-order valence-electron chi connectivity index (χ4n) is 1.74. The highest BCUT2D eigenvalue weighted by atomic mass is 32.1. The first-order valence-electron chi connectivity index (χ1n) is 5.16. The Kier molecular flexibility index (Phi) is 3.21. The molecule has 1 N–H and O–H groups in total. The van der Waals surface area contributed by atoms with E-state index in [1.54, 1.807) is 11.3 Å². The fraction of sp³-hybridized carbons (Fsp3) is 0.636. The van der Waals surface area contributed by atoms with Crippen molar-refractivity contribution in [2.75, 3.05) is 13.1 Å². The Hall–Kier alpha value is -0.380. The van der Waals surface area contributed by atoms with E-state index in [2.05, 4.69) is 29.8 Å². The first-order chi connectivity index (χ1) is 6.79. The average Bonchev–Trinajstić information content (AvgIpc) is 2.69. The summed E-state index contributed by atoms with van der Waals surface area (Å²) >= 11 is 1.77. The second kappa shape index (κ2) is 4.43. The second-order valence-electron chi connectivity index (χ2n) is 4.07. The summed E-state index contributed by atoms with van der Waals surface area (Å²) in [6.07, 6.45) is 2.25. The van der Waals surface area contributed by atoms with E-state index >= 15 is 0 Å². The third-order valence-corrected chi connectivity index (χ3v) is 3.65. The molecule has 14 heavy (non-hydrogen) atoms. The molecule has 1 aliphatic heterocycles. The Bertz CT molecular complexity index is 265. The van der Waals surface area contributed by atoms with Gasteiger partial charge in [-0.1, -0.05) is 6.07 Å². The maximum absolute atomic E-state index is 5.99. The molecular weight excluding hydrogens is 194 g/mol. The predicted octanol–water partition coefficient (Wildman–Crippen LogP) is 2.41. The molecule has 0 aliphatic carbocycles. The summed E-state index contributed by atoms with van der Waals surface area (Å²) in [6, 6.07) is 4.21. The van der Waals surface area contributed by atoms with Gasteiger partial charge in [0.05, 0.1) is 12.2 Å². The lowest BCUT2D eigenvalue weighted by Gasteiger charge is -2.33. The van der Waals surface area contributed by atoms with Gasteiger partial charge in [-0.3, -0.25) is 0 Å². The lowest BCUT2D eigenvalue weighted by Crippen LogP contribution is -2.41. The minimum atomic E-state index is 0.0925. The molecule has 1 aromatic rings. The number of thiophene rings is 1. The van der Waals surface area contributed by atoms with E-state index in [4.69, 9.17) is 4.74 Å². The van der Waals surface area contributed by atoms with Crippen molar-refractivity contribution in [2.24, 2.45) is 0 Å². The van der Waals surface area contributed by atoms with Crippen LogP contribution in [0.5, 0.6) is 0 Å². The van der Waals surface area contributed by atoms with Crippen LogP contribution in [0.4, 0.5) is 0 Å². The minimum absolute atomic E-state index is 0.0925. The molecule has 1 aromatic heterocycles. The van der Waals surface area contributed by atoms with Gasteiger partial charge < -0.3 is 10.1 Å². The Balaban J connectivity index is 1.84. The monoisotopic (exact) mass is 211 g/mol. The molecule has 2 rings (SSSR count). The van der Waals surface area contributed by atoms with Gasteiger partial charge in [-0.2, -0.15) is 0 Å². The van der Waals surface area contributed by atoms with Gasteiger partial charge in [-0.15, -0.1) is 11.3 Å². The highest BCUT2D eigenvalue weighted by Gasteiger charge is 2.27. The SMILES string of the molecule is CC1(OCc2cccs2)CCNCC1. The van der Waals surface area contributed by atoms with Gasteiger partial charge in [-0.05, 0) is 44.3 Å². The van der Waals surface area contributed by atoms with E-state index in [0.29, 0.717) is 0 Å². The molecule has 0 saturated carbocycles. The van der Waals surface area contributed by atoms with Crippen molar-refractivity contribution in [1.82, 2.24) is 5.32 Å². The highest BCUT2D eigenvalue weighted by Crippen LogP contribution is 2.24. The Morgan fingerprint density at radius 3 is 2.93 bits per heavy atom. The van der Waals surface area contributed by atoms with Crippen LogP contribution < -0.4 is 5.32 Å². The van der Waals surface area contributed by atoms with E-state index in [0.717, 1.165) is 32.5 Å². The molecule has 0 radical (unpaired) electrons. The van der Waals surface area contributed by atoms with E-state index in [-0.39, 0.29) is 5.60 Å². The average molecular weight is 211 g/mol. The van der Waals surface area contributed by atoms with Crippen LogP contribution in [-0.4, -0.2) is 18.7 Å². The minimum Gasteiger partial charge on any atom is -0.370 e. The van der Waals surface area contributed by atoms with Crippen molar-refractivity contribution < 1.29 is 4.74 Å². The van der Waals surface area contributed by atoms with Gasteiger partial charge in [0.2, 0.25) is 0 Å². The predicted molar refractivity (Wildman–Crippen MR) is 59.6 cm³/mol. The molecule has 0 unspecified atom stereocenters.